The molecule has 0 aliphatic carbocycles. The van der Waals surface area contributed by atoms with Crippen LogP contribution in [0.4, 0.5) is 5.69 Å². The van der Waals surface area contributed by atoms with Crippen LogP contribution >= 0.6 is 23.4 Å². The molecule has 0 spiro atoms. The van der Waals surface area contributed by atoms with Crippen molar-refractivity contribution in [1.29, 1.82) is 0 Å². The lowest BCUT2D eigenvalue weighted by molar-refractivity contribution is -0.121. The Labute approximate surface area is 151 Å². The highest BCUT2D eigenvalue weighted by atomic mass is 35.5. The number of aryl methyl sites for hydroxylation is 1. The first kappa shape index (κ1) is 16.8. The van der Waals surface area contributed by atoms with Crippen molar-refractivity contribution in [2.24, 2.45) is 4.99 Å². The van der Waals surface area contributed by atoms with Crippen molar-refractivity contribution in [3.05, 3.63) is 69.6 Å². The fraction of sp³-hybridized carbons (Fsp3) is 0.158. The largest absolute Gasteiger partial charge is 0.290 e. The van der Waals surface area contributed by atoms with E-state index in [1.807, 2.05) is 42.5 Å². The van der Waals surface area contributed by atoms with Crippen LogP contribution in [0.3, 0.4) is 0 Å². The van der Waals surface area contributed by atoms with Crippen LogP contribution in [-0.2, 0) is 11.2 Å². The fourth-order valence-corrected chi connectivity index (χ4v) is 3.47. The maximum atomic E-state index is 12.4. The number of hydrogen-bond acceptors (Lipinski definition) is 3. The first-order valence-electron chi connectivity index (χ1n) is 7.68. The number of carbonyl (C=O) groups excluding carboxylic acids is 1. The van der Waals surface area contributed by atoms with Crippen LogP contribution in [0.25, 0.3) is 6.08 Å². The minimum absolute atomic E-state index is 0.0659. The SMILES string of the molecule is CCc1ccc(N=C2S/C(=C/c3ccccc3Cl)C(=O)N2C)cc1. The number of carbonyl (C=O) groups is 1. The molecule has 0 unspecified atom stereocenters. The molecule has 3 nitrogen and oxygen atoms in total. The Morgan fingerprint density at radius 2 is 1.88 bits per heavy atom. The summed E-state index contributed by atoms with van der Waals surface area (Å²) in [7, 11) is 1.74. The molecule has 1 saturated heterocycles. The molecule has 0 atom stereocenters. The summed E-state index contributed by atoms with van der Waals surface area (Å²) < 4.78 is 0. The third-order valence-corrected chi connectivity index (χ3v) is 5.17. The van der Waals surface area contributed by atoms with Gasteiger partial charge in [0.1, 0.15) is 0 Å². The van der Waals surface area contributed by atoms with Crippen LogP contribution in [0.15, 0.2) is 58.4 Å². The molecular weight excluding hydrogens is 340 g/mol. The predicted molar refractivity (Wildman–Crippen MR) is 103 cm³/mol. The molecule has 122 valence electrons. The number of thioether (sulfide) groups is 1. The van der Waals surface area contributed by atoms with Gasteiger partial charge in [0.2, 0.25) is 0 Å². The summed E-state index contributed by atoms with van der Waals surface area (Å²) >= 11 is 7.54. The van der Waals surface area contributed by atoms with Gasteiger partial charge in [-0.2, -0.15) is 0 Å². The van der Waals surface area contributed by atoms with Gasteiger partial charge in [0.15, 0.2) is 5.17 Å². The van der Waals surface area contributed by atoms with Crippen molar-refractivity contribution >= 4 is 46.2 Å². The lowest BCUT2D eigenvalue weighted by Crippen LogP contribution is -2.23. The van der Waals surface area contributed by atoms with Gasteiger partial charge in [-0.3, -0.25) is 9.69 Å². The first-order valence-corrected chi connectivity index (χ1v) is 8.87. The van der Waals surface area contributed by atoms with Crippen LogP contribution in [0.2, 0.25) is 5.02 Å². The Morgan fingerprint density at radius 3 is 2.54 bits per heavy atom. The van der Waals surface area contributed by atoms with Gasteiger partial charge >= 0.3 is 0 Å². The minimum Gasteiger partial charge on any atom is -0.290 e. The van der Waals surface area contributed by atoms with E-state index in [2.05, 4.69) is 24.0 Å². The molecule has 0 bridgehead atoms. The Morgan fingerprint density at radius 1 is 1.17 bits per heavy atom. The number of benzene rings is 2. The van der Waals surface area contributed by atoms with Gasteiger partial charge in [0.25, 0.3) is 5.91 Å². The molecule has 24 heavy (non-hydrogen) atoms. The molecule has 0 N–H and O–H groups in total. The van der Waals surface area contributed by atoms with E-state index in [9.17, 15) is 4.79 Å². The molecule has 1 aliphatic heterocycles. The fourth-order valence-electron chi connectivity index (χ4n) is 2.30. The van der Waals surface area contributed by atoms with Crippen molar-refractivity contribution in [3.8, 4) is 0 Å². The van der Waals surface area contributed by atoms with E-state index in [1.54, 1.807) is 11.9 Å². The van der Waals surface area contributed by atoms with E-state index in [4.69, 9.17) is 11.6 Å². The van der Waals surface area contributed by atoms with Crippen molar-refractivity contribution < 1.29 is 4.79 Å². The van der Waals surface area contributed by atoms with Gasteiger partial charge in [0, 0.05) is 12.1 Å². The lowest BCUT2D eigenvalue weighted by Gasteiger charge is -2.07. The zero-order valence-corrected chi connectivity index (χ0v) is 15.1. The van der Waals surface area contributed by atoms with Gasteiger partial charge in [-0.15, -0.1) is 0 Å². The number of amides is 1. The van der Waals surface area contributed by atoms with E-state index in [1.165, 1.54) is 17.3 Å². The molecule has 5 heteroatoms. The second-order valence-electron chi connectivity index (χ2n) is 5.41. The number of aliphatic imine (C=N–C) groups is 1. The number of amidine groups is 1. The standard InChI is InChI=1S/C19H17ClN2OS/c1-3-13-8-10-15(11-9-13)21-19-22(2)18(23)17(24-19)12-14-6-4-5-7-16(14)20/h4-12H,3H2,1-2H3/b17-12+,21-19?. The summed E-state index contributed by atoms with van der Waals surface area (Å²) in [5.41, 5.74) is 2.94. The monoisotopic (exact) mass is 356 g/mol. The molecule has 2 aromatic carbocycles. The third-order valence-electron chi connectivity index (χ3n) is 3.76. The quantitative estimate of drug-likeness (QED) is 0.713. The molecule has 1 aliphatic rings. The van der Waals surface area contributed by atoms with Crippen molar-refractivity contribution in [1.82, 2.24) is 4.90 Å². The number of halogens is 1. The average Bonchev–Trinajstić information content (AvgIpc) is 2.86. The highest BCUT2D eigenvalue weighted by molar-refractivity contribution is 8.18. The van der Waals surface area contributed by atoms with Crippen molar-refractivity contribution in [2.75, 3.05) is 7.05 Å². The summed E-state index contributed by atoms with van der Waals surface area (Å²) in [5.74, 6) is -0.0659. The molecule has 1 fully saturated rings. The van der Waals surface area contributed by atoms with Crippen LogP contribution in [-0.4, -0.2) is 23.0 Å². The van der Waals surface area contributed by atoms with Gasteiger partial charge in [0.05, 0.1) is 10.6 Å². The van der Waals surface area contributed by atoms with E-state index >= 15 is 0 Å². The molecule has 0 radical (unpaired) electrons. The minimum atomic E-state index is -0.0659. The normalized spacial score (nSPS) is 18.0. The summed E-state index contributed by atoms with van der Waals surface area (Å²) in [4.78, 5) is 19.2. The van der Waals surface area contributed by atoms with E-state index < -0.39 is 0 Å². The van der Waals surface area contributed by atoms with Gasteiger partial charge in [-0.05, 0) is 53.6 Å². The summed E-state index contributed by atoms with van der Waals surface area (Å²) in [5, 5.41) is 1.30. The maximum Gasteiger partial charge on any atom is 0.266 e. The second kappa shape index (κ2) is 7.24. The van der Waals surface area contributed by atoms with Crippen LogP contribution in [0.5, 0.6) is 0 Å². The van der Waals surface area contributed by atoms with Gasteiger partial charge < -0.3 is 0 Å². The average molecular weight is 357 g/mol. The molecule has 1 heterocycles. The number of rotatable bonds is 3. The molecular formula is C19H17ClN2OS. The topological polar surface area (TPSA) is 32.7 Å². The molecule has 3 rings (SSSR count). The summed E-state index contributed by atoms with van der Waals surface area (Å²) in [6, 6.07) is 15.5. The van der Waals surface area contributed by atoms with Crippen LogP contribution in [0, 0.1) is 0 Å². The Kier molecular flexibility index (Phi) is 5.07. The summed E-state index contributed by atoms with van der Waals surface area (Å²) in [6.07, 6.45) is 2.81. The van der Waals surface area contributed by atoms with E-state index in [-0.39, 0.29) is 5.91 Å². The maximum absolute atomic E-state index is 12.4. The Bertz CT molecular complexity index is 828. The highest BCUT2D eigenvalue weighted by Gasteiger charge is 2.30. The number of hydrogen-bond donors (Lipinski definition) is 0. The lowest BCUT2D eigenvalue weighted by atomic mass is 10.2. The summed E-state index contributed by atoms with van der Waals surface area (Å²) in [6.45, 7) is 2.12. The molecule has 2 aromatic rings. The molecule has 0 aromatic heterocycles. The second-order valence-corrected chi connectivity index (χ2v) is 6.83. The van der Waals surface area contributed by atoms with Crippen LogP contribution < -0.4 is 0 Å². The van der Waals surface area contributed by atoms with Crippen molar-refractivity contribution in [2.45, 2.75) is 13.3 Å². The molecule has 1 amide bonds. The van der Waals surface area contributed by atoms with E-state index in [0.29, 0.717) is 15.1 Å². The zero-order chi connectivity index (χ0) is 17.1. The smallest absolute Gasteiger partial charge is 0.266 e. The van der Waals surface area contributed by atoms with Crippen LogP contribution in [0.1, 0.15) is 18.1 Å². The number of likely N-dealkylation sites (N-methyl/N-ethyl adjacent to an activating group) is 1. The Hall–Kier alpha value is -2.04. The van der Waals surface area contributed by atoms with Gasteiger partial charge in [-0.25, -0.2) is 4.99 Å². The van der Waals surface area contributed by atoms with Crippen molar-refractivity contribution in [3.63, 3.8) is 0 Å². The predicted octanol–water partition coefficient (Wildman–Crippen LogP) is 5.14. The first-order chi connectivity index (χ1) is 11.6. The Balaban J connectivity index is 1.88. The number of nitrogens with zero attached hydrogens (tertiary/aromatic N) is 2. The highest BCUT2D eigenvalue weighted by Crippen LogP contribution is 2.34. The zero-order valence-electron chi connectivity index (χ0n) is 13.5. The van der Waals surface area contributed by atoms with Gasteiger partial charge in [-0.1, -0.05) is 48.9 Å². The third kappa shape index (κ3) is 3.55. The van der Waals surface area contributed by atoms with E-state index in [0.717, 1.165) is 17.7 Å². The molecule has 0 saturated carbocycles.